The number of ether oxygens (including phenoxy) is 1. The lowest BCUT2D eigenvalue weighted by atomic mass is 9.90. The van der Waals surface area contributed by atoms with Gasteiger partial charge in [0.1, 0.15) is 5.60 Å². The van der Waals surface area contributed by atoms with Gasteiger partial charge in [0.2, 0.25) is 0 Å². The van der Waals surface area contributed by atoms with Crippen molar-refractivity contribution in [2.45, 2.75) is 25.4 Å². The maximum Gasteiger partial charge on any atom is 0.338 e. The van der Waals surface area contributed by atoms with Crippen LogP contribution >= 0.6 is 0 Å². The molecule has 2 bridgehead atoms. The second kappa shape index (κ2) is 5.38. The zero-order valence-corrected chi connectivity index (χ0v) is 13.2. The first-order chi connectivity index (χ1) is 11.1. The average Bonchev–Trinajstić information content (AvgIpc) is 3.16. The minimum atomic E-state index is -0.339. The Labute approximate surface area is 136 Å². The molecule has 2 aromatic rings. The Morgan fingerprint density at radius 2 is 1.70 bits per heavy atom. The second-order valence-electron chi connectivity index (χ2n) is 6.84. The molecule has 1 fully saturated rings. The lowest BCUT2D eigenvalue weighted by Crippen LogP contribution is -2.35. The summed E-state index contributed by atoms with van der Waals surface area (Å²) < 4.78 is 5.87. The quantitative estimate of drug-likeness (QED) is 0.597. The summed E-state index contributed by atoms with van der Waals surface area (Å²) in [5.74, 6) is 0.742. The largest absolute Gasteiger partial charge is 0.455 e. The van der Waals surface area contributed by atoms with Gasteiger partial charge in [-0.1, -0.05) is 54.6 Å². The first-order valence-corrected chi connectivity index (χ1v) is 8.21. The normalized spacial score (nSPS) is 28.0. The fraction of sp³-hybridized carbons (Fsp3) is 0.286. The molecule has 0 amide bonds. The van der Waals surface area contributed by atoms with Crippen molar-refractivity contribution in [2.24, 2.45) is 11.8 Å². The summed E-state index contributed by atoms with van der Waals surface area (Å²) >= 11 is 0. The van der Waals surface area contributed by atoms with E-state index in [1.54, 1.807) is 0 Å². The molecule has 1 saturated carbocycles. The maximum atomic E-state index is 12.5. The van der Waals surface area contributed by atoms with Gasteiger partial charge in [-0.25, -0.2) is 4.79 Å². The number of rotatable bonds is 3. The van der Waals surface area contributed by atoms with Crippen LogP contribution in [0.4, 0.5) is 0 Å². The highest BCUT2D eigenvalue weighted by molar-refractivity contribution is 5.90. The van der Waals surface area contributed by atoms with Crippen molar-refractivity contribution in [3.8, 4) is 11.1 Å². The molecule has 0 spiro atoms. The Morgan fingerprint density at radius 1 is 1.00 bits per heavy atom. The molecule has 2 heteroatoms. The van der Waals surface area contributed by atoms with Gasteiger partial charge in [0, 0.05) is 5.92 Å². The topological polar surface area (TPSA) is 26.3 Å². The number of benzene rings is 2. The number of esters is 1. The standard InChI is InChI=1S/C21H20O2/c1-21(14-15-7-12-19(21)13-15)23-20(22)18-10-8-17(9-11-18)16-5-3-2-4-6-16/h2-12,15,19H,13-14H2,1H3. The van der Waals surface area contributed by atoms with Crippen molar-refractivity contribution in [1.82, 2.24) is 0 Å². The molecule has 0 aliphatic heterocycles. The van der Waals surface area contributed by atoms with Gasteiger partial charge in [-0.2, -0.15) is 0 Å². The molecule has 0 saturated heterocycles. The van der Waals surface area contributed by atoms with Crippen LogP contribution in [0.2, 0.25) is 0 Å². The average molecular weight is 304 g/mol. The third-order valence-corrected chi connectivity index (χ3v) is 5.18. The van der Waals surface area contributed by atoms with Crippen LogP contribution in [0, 0.1) is 11.8 Å². The molecule has 3 atom stereocenters. The minimum Gasteiger partial charge on any atom is -0.455 e. The van der Waals surface area contributed by atoms with Crippen LogP contribution < -0.4 is 0 Å². The molecule has 0 N–H and O–H groups in total. The van der Waals surface area contributed by atoms with Crippen molar-refractivity contribution in [1.29, 1.82) is 0 Å². The third kappa shape index (κ3) is 2.59. The van der Waals surface area contributed by atoms with E-state index in [0.717, 1.165) is 24.0 Å². The van der Waals surface area contributed by atoms with E-state index in [1.807, 2.05) is 42.5 Å². The van der Waals surface area contributed by atoms with Crippen LogP contribution in [0.5, 0.6) is 0 Å². The van der Waals surface area contributed by atoms with Crippen LogP contribution in [0.15, 0.2) is 66.7 Å². The first kappa shape index (κ1) is 14.3. The Kier molecular flexibility index (Phi) is 3.33. The molecule has 2 aromatic carbocycles. The maximum absolute atomic E-state index is 12.5. The summed E-state index contributed by atoms with van der Waals surface area (Å²) in [4.78, 5) is 12.5. The van der Waals surface area contributed by atoms with E-state index in [-0.39, 0.29) is 11.6 Å². The number of carbonyl (C=O) groups excluding carboxylic acids is 1. The molecule has 23 heavy (non-hydrogen) atoms. The number of fused-ring (bicyclic) bond motifs is 2. The molecular formula is C21H20O2. The van der Waals surface area contributed by atoms with Gasteiger partial charge < -0.3 is 4.74 Å². The van der Waals surface area contributed by atoms with Crippen LogP contribution in [0.1, 0.15) is 30.1 Å². The zero-order valence-electron chi connectivity index (χ0n) is 13.2. The summed E-state index contributed by atoms with van der Waals surface area (Å²) in [5, 5.41) is 0. The van der Waals surface area contributed by atoms with Gasteiger partial charge in [-0.3, -0.25) is 0 Å². The van der Waals surface area contributed by atoms with Gasteiger partial charge in [0.05, 0.1) is 5.56 Å². The molecule has 2 aliphatic carbocycles. The van der Waals surface area contributed by atoms with Crippen LogP contribution in [-0.2, 0) is 4.74 Å². The number of allylic oxidation sites excluding steroid dienone is 1. The minimum absolute atomic E-state index is 0.215. The molecular weight excluding hydrogens is 284 g/mol. The predicted octanol–water partition coefficient (Wildman–Crippen LogP) is 4.87. The summed E-state index contributed by atoms with van der Waals surface area (Å²) in [5.41, 5.74) is 2.54. The van der Waals surface area contributed by atoms with Crippen molar-refractivity contribution >= 4 is 5.97 Å². The second-order valence-corrected chi connectivity index (χ2v) is 6.84. The number of carbonyl (C=O) groups is 1. The van der Waals surface area contributed by atoms with Gasteiger partial charge in [0.25, 0.3) is 0 Å². The van der Waals surface area contributed by atoms with Gasteiger partial charge in [-0.15, -0.1) is 0 Å². The third-order valence-electron chi connectivity index (χ3n) is 5.18. The SMILES string of the molecule is CC1(OC(=O)c2ccc(-c3ccccc3)cc2)CC2C=CC1C2. The van der Waals surface area contributed by atoms with E-state index in [4.69, 9.17) is 4.74 Å². The molecule has 4 rings (SSSR count). The van der Waals surface area contributed by atoms with E-state index >= 15 is 0 Å². The van der Waals surface area contributed by atoms with Gasteiger partial charge in [0.15, 0.2) is 0 Å². The lowest BCUT2D eigenvalue weighted by Gasteiger charge is -2.31. The lowest BCUT2D eigenvalue weighted by molar-refractivity contribution is -0.0218. The fourth-order valence-corrected chi connectivity index (χ4v) is 3.87. The smallest absolute Gasteiger partial charge is 0.338 e. The number of hydrogen-bond acceptors (Lipinski definition) is 2. The van der Waals surface area contributed by atoms with Crippen molar-refractivity contribution < 1.29 is 9.53 Å². The molecule has 0 heterocycles. The Morgan fingerprint density at radius 3 is 2.30 bits per heavy atom. The summed E-state index contributed by atoms with van der Waals surface area (Å²) in [6, 6.07) is 17.8. The highest BCUT2D eigenvalue weighted by atomic mass is 16.6. The summed E-state index contributed by atoms with van der Waals surface area (Å²) in [6.07, 6.45) is 6.54. The monoisotopic (exact) mass is 304 g/mol. The fourth-order valence-electron chi connectivity index (χ4n) is 3.87. The summed E-state index contributed by atoms with van der Waals surface area (Å²) in [6.45, 7) is 2.07. The van der Waals surface area contributed by atoms with E-state index in [9.17, 15) is 4.79 Å². The van der Waals surface area contributed by atoms with E-state index in [2.05, 4.69) is 31.2 Å². The number of hydrogen-bond donors (Lipinski definition) is 0. The van der Waals surface area contributed by atoms with E-state index < -0.39 is 0 Å². The van der Waals surface area contributed by atoms with Crippen molar-refractivity contribution in [3.63, 3.8) is 0 Å². The molecule has 0 aromatic heterocycles. The Balaban J connectivity index is 1.50. The first-order valence-electron chi connectivity index (χ1n) is 8.21. The molecule has 3 unspecified atom stereocenters. The van der Waals surface area contributed by atoms with Crippen molar-refractivity contribution in [3.05, 3.63) is 72.3 Å². The Bertz CT molecular complexity index is 745. The zero-order chi connectivity index (χ0) is 15.9. The van der Waals surface area contributed by atoms with Gasteiger partial charge >= 0.3 is 5.97 Å². The van der Waals surface area contributed by atoms with Gasteiger partial charge in [-0.05, 0) is 48.9 Å². The van der Waals surface area contributed by atoms with Crippen LogP contribution in [0.3, 0.4) is 0 Å². The molecule has 0 radical (unpaired) electrons. The van der Waals surface area contributed by atoms with E-state index in [1.165, 1.54) is 0 Å². The summed E-state index contributed by atoms with van der Waals surface area (Å²) in [7, 11) is 0. The molecule has 116 valence electrons. The van der Waals surface area contributed by atoms with Crippen LogP contribution in [0.25, 0.3) is 11.1 Å². The van der Waals surface area contributed by atoms with Crippen molar-refractivity contribution in [2.75, 3.05) is 0 Å². The van der Waals surface area contributed by atoms with Crippen LogP contribution in [-0.4, -0.2) is 11.6 Å². The molecule has 2 aliphatic rings. The Hall–Kier alpha value is -2.35. The molecule has 2 nitrogen and oxygen atoms in total. The van der Waals surface area contributed by atoms with E-state index in [0.29, 0.717) is 17.4 Å². The highest BCUT2D eigenvalue weighted by Crippen LogP contribution is 2.48. The predicted molar refractivity (Wildman–Crippen MR) is 91.1 cm³/mol. The highest BCUT2D eigenvalue weighted by Gasteiger charge is 2.47.